The molecule has 144 valence electrons. The third-order valence-corrected chi connectivity index (χ3v) is 7.26. The van der Waals surface area contributed by atoms with Crippen molar-refractivity contribution in [2.24, 2.45) is 0 Å². The number of alkyl halides is 3. The van der Waals surface area contributed by atoms with Crippen LogP contribution in [0, 0.1) is 0 Å². The van der Waals surface area contributed by atoms with Crippen molar-refractivity contribution < 1.29 is 21.6 Å². The smallest absolute Gasteiger partial charge is 0.270 e. The van der Waals surface area contributed by atoms with E-state index in [-0.39, 0.29) is 0 Å². The van der Waals surface area contributed by atoms with Crippen LogP contribution in [0.4, 0.5) is 18.2 Å². The van der Waals surface area contributed by atoms with Gasteiger partial charge < -0.3 is 0 Å². The molecule has 0 spiro atoms. The predicted octanol–water partition coefficient (Wildman–Crippen LogP) is 5.84. The largest absolute Gasteiger partial charge is 0.416 e. The number of halogens is 3. The lowest BCUT2D eigenvalue weighted by atomic mass is 10.2. The van der Waals surface area contributed by atoms with Gasteiger partial charge in [0, 0.05) is 5.56 Å². The minimum atomic E-state index is -4.62. The summed E-state index contributed by atoms with van der Waals surface area (Å²) in [7, 11) is -4.19. The van der Waals surface area contributed by atoms with E-state index in [1.165, 1.54) is 11.3 Å². The highest BCUT2D eigenvalue weighted by molar-refractivity contribution is 7.93. The fourth-order valence-corrected chi connectivity index (χ4v) is 5.79. The molecule has 0 fully saturated rings. The monoisotopic (exact) mass is 440 g/mol. The number of anilines is 1. The minimum Gasteiger partial charge on any atom is -0.270 e. The number of hydrogen-bond donors (Lipinski definition) is 1. The molecule has 0 unspecified atom stereocenters. The molecular formula is C18H11F3N2O2S3. The zero-order chi connectivity index (χ0) is 19.9. The summed E-state index contributed by atoms with van der Waals surface area (Å²) >= 11 is 2.55. The number of thiazole rings is 1. The Bertz CT molecular complexity index is 1230. The number of fused-ring (bicyclic) bond motifs is 1. The lowest BCUT2D eigenvalue weighted by Crippen LogP contribution is -2.14. The van der Waals surface area contributed by atoms with E-state index in [4.69, 9.17) is 0 Å². The third kappa shape index (κ3) is 3.62. The van der Waals surface area contributed by atoms with Gasteiger partial charge in [-0.05, 0) is 41.8 Å². The van der Waals surface area contributed by atoms with Crippen LogP contribution in [-0.2, 0) is 16.2 Å². The highest BCUT2D eigenvalue weighted by Gasteiger charge is 2.32. The summed E-state index contributed by atoms with van der Waals surface area (Å²) in [5.74, 6) is 0. The van der Waals surface area contributed by atoms with Crippen molar-refractivity contribution >= 4 is 47.9 Å². The van der Waals surface area contributed by atoms with Crippen LogP contribution in [0.15, 0.2) is 64.9 Å². The number of sulfonamides is 1. The molecule has 1 N–H and O–H groups in total. The van der Waals surface area contributed by atoms with Gasteiger partial charge in [0.15, 0.2) is 0 Å². The maximum absolute atomic E-state index is 12.9. The fourth-order valence-electron chi connectivity index (χ4n) is 2.56. The van der Waals surface area contributed by atoms with Crippen molar-refractivity contribution in [2.45, 2.75) is 11.1 Å². The first-order chi connectivity index (χ1) is 13.2. The molecule has 10 heteroatoms. The van der Waals surface area contributed by atoms with Gasteiger partial charge in [-0.15, -0.1) is 22.7 Å². The van der Waals surface area contributed by atoms with Crippen molar-refractivity contribution in [1.29, 1.82) is 0 Å². The van der Waals surface area contributed by atoms with E-state index in [1.54, 1.807) is 11.4 Å². The second-order valence-corrected chi connectivity index (χ2v) is 9.41. The highest BCUT2D eigenvalue weighted by atomic mass is 32.2. The Hall–Kier alpha value is -2.43. The summed E-state index contributed by atoms with van der Waals surface area (Å²) in [6.45, 7) is 0. The van der Waals surface area contributed by atoms with Crippen molar-refractivity contribution in [3.8, 4) is 10.6 Å². The van der Waals surface area contributed by atoms with Crippen LogP contribution in [0.5, 0.6) is 0 Å². The Morgan fingerprint density at radius 2 is 1.79 bits per heavy atom. The van der Waals surface area contributed by atoms with Gasteiger partial charge in [-0.2, -0.15) is 13.2 Å². The van der Waals surface area contributed by atoms with Crippen LogP contribution >= 0.6 is 22.7 Å². The van der Waals surface area contributed by atoms with E-state index in [9.17, 15) is 21.6 Å². The highest BCUT2D eigenvalue weighted by Crippen LogP contribution is 2.39. The fraction of sp³-hybridized carbons (Fsp3) is 0.0556. The van der Waals surface area contributed by atoms with Gasteiger partial charge in [-0.1, -0.05) is 18.2 Å². The molecule has 0 atom stereocenters. The zero-order valence-corrected chi connectivity index (χ0v) is 16.3. The van der Waals surface area contributed by atoms with Crippen LogP contribution in [0.2, 0.25) is 0 Å². The molecule has 0 radical (unpaired) electrons. The Balaban J connectivity index is 1.69. The zero-order valence-electron chi connectivity index (χ0n) is 13.9. The Labute approximate surface area is 166 Å². The quantitative estimate of drug-likeness (QED) is 0.433. The molecule has 0 saturated carbocycles. The van der Waals surface area contributed by atoms with Crippen molar-refractivity contribution in [3.05, 3.63) is 65.5 Å². The molecule has 4 aromatic rings. The normalized spacial score (nSPS) is 12.4. The van der Waals surface area contributed by atoms with Crippen LogP contribution in [0.3, 0.4) is 0 Å². The molecule has 2 aromatic carbocycles. The van der Waals surface area contributed by atoms with Gasteiger partial charge in [0.05, 0.1) is 20.7 Å². The second kappa shape index (κ2) is 6.87. The molecule has 4 nitrogen and oxygen atoms in total. The van der Waals surface area contributed by atoms with Crippen molar-refractivity contribution in [1.82, 2.24) is 4.98 Å². The van der Waals surface area contributed by atoms with Gasteiger partial charge in [0.1, 0.15) is 10.0 Å². The van der Waals surface area contributed by atoms with E-state index < -0.39 is 26.7 Å². The summed E-state index contributed by atoms with van der Waals surface area (Å²) in [6, 6.07) is 12.9. The van der Waals surface area contributed by atoms with E-state index in [1.807, 2.05) is 24.3 Å². The summed E-state index contributed by atoms with van der Waals surface area (Å²) in [6.07, 6.45) is -4.62. The van der Waals surface area contributed by atoms with Gasteiger partial charge in [0.2, 0.25) is 0 Å². The number of nitrogens with one attached hydrogen (secondary N) is 1. The van der Waals surface area contributed by atoms with E-state index >= 15 is 0 Å². The topological polar surface area (TPSA) is 59.1 Å². The summed E-state index contributed by atoms with van der Waals surface area (Å²) < 4.78 is 67.3. The average Bonchev–Trinajstić information content (AvgIpc) is 3.26. The van der Waals surface area contributed by atoms with Crippen LogP contribution in [0.25, 0.3) is 20.8 Å². The average molecular weight is 440 g/mol. The molecule has 0 aliphatic carbocycles. The number of aromatic nitrogens is 1. The molecule has 28 heavy (non-hydrogen) atoms. The van der Waals surface area contributed by atoms with Crippen molar-refractivity contribution in [3.63, 3.8) is 0 Å². The van der Waals surface area contributed by atoms with Crippen LogP contribution < -0.4 is 4.72 Å². The molecule has 2 aromatic heterocycles. The van der Waals surface area contributed by atoms with E-state index in [0.717, 1.165) is 39.8 Å². The van der Waals surface area contributed by atoms with Gasteiger partial charge >= 0.3 is 6.18 Å². The number of para-hydroxylation sites is 1. The SMILES string of the molecule is O=S(=O)(Nc1sccc1-c1nc2ccccc2s1)c1cccc(C(F)(F)F)c1. The molecule has 0 amide bonds. The molecule has 4 rings (SSSR count). The predicted molar refractivity (Wildman–Crippen MR) is 105 cm³/mol. The number of hydrogen-bond acceptors (Lipinski definition) is 5. The van der Waals surface area contributed by atoms with Gasteiger partial charge in [-0.3, -0.25) is 4.72 Å². The lowest BCUT2D eigenvalue weighted by Gasteiger charge is -2.11. The number of nitrogens with zero attached hydrogens (tertiary/aromatic N) is 1. The third-order valence-electron chi connectivity index (χ3n) is 3.89. The minimum absolute atomic E-state index is 0.302. The maximum atomic E-state index is 12.9. The molecule has 0 aliphatic heterocycles. The Morgan fingerprint density at radius 1 is 1.00 bits per heavy atom. The summed E-state index contributed by atoms with van der Waals surface area (Å²) in [5.41, 5.74) is 0.357. The lowest BCUT2D eigenvalue weighted by molar-refractivity contribution is -0.137. The Morgan fingerprint density at radius 3 is 2.54 bits per heavy atom. The molecule has 0 aliphatic rings. The molecule has 0 bridgehead atoms. The number of rotatable bonds is 4. The van der Waals surface area contributed by atoms with Gasteiger partial charge in [-0.25, -0.2) is 13.4 Å². The summed E-state index contributed by atoms with van der Waals surface area (Å²) in [4.78, 5) is 4.05. The molecule has 0 saturated heterocycles. The van der Waals surface area contributed by atoms with Crippen LogP contribution in [-0.4, -0.2) is 13.4 Å². The first-order valence-corrected chi connectivity index (χ1v) is 11.1. The Kier molecular flexibility index (Phi) is 4.64. The first kappa shape index (κ1) is 18.9. The standard InChI is InChI=1S/C18H11F3N2O2S3/c19-18(20,21)11-4-3-5-12(10-11)28(24,25)23-17-13(8-9-26-17)16-22-14-6-1-2-7-15(14)27-16/h1-10,23H. The molecular weight excluding hydrogens is 429 g/mol. The summed E-state index contributed by atoms with van der Waals surface area (Å²) in [5, 5.41) is 2.63. The first-order valence-electron chi connectivity index (χ1n) is 7.87. The number of thiophene rings is 1. The maximum Gasteiger partial charge on any atom is 0.416 e. The van der Waals surface area contributed by atoms with E-state index in [2.05, 4.69) is 9.71 Å². The van der Waals surface area contributed by atoms with E-state index in [0.29, 0.717) is 21.6 Å². The van der Waals surface area contributed by atoms with Gasteiger partial charge in [0.25, 0.3) is 10.0 Å². The number of benzene rings is 2. The van der Waals surface area contributed by atoms with Crippen LogP contribution in [0.1, 0.15) is 5.56 Å². The van der Waals surface area contributed by atoms with Crippen molar-refractivity contribution in [2.75, 3.05) is 4.72 Å². The molecule has 2 heterocycles. The second-order valence-electron chi connectivity index (χ2n) is 5.78.